The lowest BCUT2D eigenvalue weighted by molar-refractivity contribution is 0.0954. The number of aromatic nitrogens is 2. The van der Waals surface area contributed by atoms with Gasteiger partial charge in [0.1, 0.15) is 5.82 Å². The van der Waals surface area contributed by atoms with Crippen molar-refractivity contribution in [1.82, 2.24) is 14.9 Å². The number of halogens is 1. The summed E-state index contributed by atoms with van der Waals surface area (Å²) in [5.74, 6) is 0.877. The number of amides is 2. The molecule has 1 fully saturated rings. The van der Waals surface area contributed by atoms with E-state index in [9.17, 15) is 9.90 Å². The van der Waals surface area contributed by atoms with Gasteiger partial charge in [-0.05, 0) is 43.2 Å². The average Bonchev–Trinajstić information content (AvgIpc) is 3.14. The fourth-order valence-electron chi connectivity index (χ4n) is 3.97. The van der Waals surface area contributed by atoms with Crippen molar-refractivity contribution < 1.29 is 15.0 Å². The van der Waals surface area contributed by atoms with E-state index in [2.05, 4.69) is 20.2 Å². The summed E-state index contributed by atoms with van der Waals surface area (Å²) in [6, 6.07) is 7.29. The molecule has 10 heteroatoms. The van der Waals surface area contributed by atoms with Crippen LogP contribution in [0.2, 0.25) is 5.02 Å². The Bertz CT molecular complexity index is 1120. The molecule has 0 bridgehead atoms. The maximum atomic E-state index is 12.9. The van der Waals surface area contributed by atoms with Crippen molar-refractivity contribution in [1.29, 1.82) is 0 Å². The number of fused-ring (bicyclic) bond motifs is 1. The van der Waals surface area contributed by atoms with Crippen LogP contribution in [-0.4, -0.2) is 69.5 Å². The van der Waals surface area contributed by atoms with Gasteiger partial charge >= 0.3 is 6.03 Å². The number of carbonyl (C=O) groups excluding carboxylic acids is 1. The highest BCUT2D eigenvalue weighted by Gasteiger charge is 2.29. The molecule has 3 N–H and O–H groups in total. The monoisotopic (exact) mass is 475 g/mol. The second-order valence-corrected chi connectivity index (χ2v) is 9.54. The molecule has 4 rings (SSSR count). The predicted octanol–water partition coefficient (Wildman–Crippen LogP) is 3.29. The first kappa shape index (κ1) is 22.7. The first-order chi connectivity index (χ1) is 15.3. The number of aliphatic hydroxyl groups is 2. The van der Waals surface area contributed by atoms with E-state index in [4.69, 9.17) is 16.7 Å². The normalized spacial score (nSPS) is 17.6. The van der Waals surface area contributed by atoms with Gasteiger partial charge in [-0.25, -0.2) is 14.8 Å². The highest BCUT2D eigenvalue weighted by molar-refractivity contribution is 7.22. The second kappa shape index (κ2) is 9.58. The molecule has 32 heavy (non-hydrogen) atoms. The minimum atomic E-state index is -0.781. The minimum absolute atomic E-state index is 0.00957. The third-order valence-corrected chi connectivity index (χ3v) is 6.71. The molecule has 0 saturated carbocycles. The van der Waals surface area contributed by atoms with Gasteiger partial charge in [0, 0.05) is 43.3 Å². The first-order valence-corrected chi connectivity index (χ1v) is 11.7. The van der Waals surface area contributed by atoms with Crippen LogP contribution in [-0.2, 0) is 6.42 Å². The van der Waals surface area contributed by atoms with E-state index in [1.54, 1.807) is 12.3 Å². The number of thiazole rings is 1. The maximum Gasteiger partial charge on any atom is 0.324 e. The lowest BCUT2D eigenvalue weighted by Crippen LogP contribution is -2.55. The fourth-order valence-corrected chi connectivity index (χ4v) is 5.10. The van der Waals surface area contributed by atoms with Crippen molar-refractivity contribution in [3.05, 3.63) is 46.6 Å². The summed E-state index contributed by atoms with van der Waals surface area (Å²) in [6.07, 6.45) is 1.33. The molecule has 0 aliphatic carbocycles. The highest BCUT2D eigenvalue weighted by Crippen LogP contribution is 2.29. The second-order valence-electron chi connectivity index (χ2n) is 8.07. The molecule has 0 spiro atoms. The highest BCUT2D eigenvalue weighted by atomic mass is 35.5. The van der Waals surface area contributed by atoms with Crippen molar-refractivity contribution in [3.63, 3.8) is 0 Å². The van der Waals surface area contributed by atoms with E-state index < -0.39 is 6.10 Å². The summed E-state index contributed by atoms with van der Waals surface area (Å²) in [5.41, 5.74) is 2.70. The Morgan fingerprint density at radius 3 is 2.91 bits per heavy atom. The molecule has 2 amide bonds. The molecule has 0 radical (unpaired) electrons. The zero-order valence-electron chi connectivity index (χ0n) is 18.0. The van der Waals surface area contributed by atoms with Gasteiger partial charge in [-0.3, -0.25) is 5.32 Å². The van der Waals surface area contributed by atoms with E-state index >= 15 is 0 Å². The molecular formula is C22H26ClN5O3S. The summed E-state index contributed by atoms with van der Waals surface area (Å²) < 4.78 is 0.933. The fraction of sp³-hybridized carbons (Fsp3) is 0.409. The summed E-state index contributed by atoms with van der Waals surface area (Å²) in [7, 11) is 0. The Morgan fingerprint density at radius 1 is 1.38 bits per heavy atom. The molecule has 1 saturated heterocycles. The standard InChI is InChI=1S/C22H26ClN5O3S/c1-13-7-15(8-17(30)12-29)10-24-20(13)27-5-6-28(14(2)11-27)22(31)26-21-25-18-4-3-16(23)9-19(18)32-21/h3-4,7,9-10,14,17,29-30H,5-6,8,11-12H2,1-2H3,(H,25,26,31)/t14?,17-/m1/s1. The van der Waals surface area contributed by atoms with Crippen LogP contribution in [0.15, 0.2) is 30.5 Å². The molecular weight excluding hydrogens is 450 g/mol. The van der Waals surface area contributed by atoms with Gasteiger partial charge in [-0.1, -0.05) is 29.0 Å². The van der Waals surface area contributed by atoms with Crippen LogP contribution >= 0.6 is 22.9 Å². The maximum absolute atomic E-state index is 12.9. The number of urea groups is 1. The molecule has 1 aliphatic heterocycles. The molecule has 1 aliphatic rings. The summed E-state index contributed by atoms with van der Waals surface area (Å²) in [5, 5.41) is 22.8. The third-order valence-electron chi connectivity index (χ3n) is 5.54. The van der Waals surface area contributed by atoms with Crippen molar-refractivity contribution in [2.24, 2.45) is 0 Å². The van der Waals surface area contributed by atoms with Crippen molar-refractivity contribution >= 4 is 50.1 Å². The quantitative estimate of drug-likeness (QED) is 0.523. The zero-order valence-corrected chi connectivity index (χ0v) is 19.5. The topological polar surface area (TPSA) is 102 Å². The lowest BCUT2D eigenvalue weighted by atomic mass is 10.1. The van der Waals surface area contributed by atoms with Crippen LogP contribution in [0.25, 0.3) is 10.2 Å². The van der Waals surface area contributed by atoms with Crippen molar-refractivity contribution in [2.75, 3.05) is 36.5 Å². The Kier molecular flexibility index (Phi) is 6.80. The number of nitrogens with zero attached hydrogens (tertiary/aromatic N) is 4. The molecule has 2 atom stereocenters. The predicted molar refractivity (Wildman–Crippen MR) is 128 cm³/mol. The number of rotatable bonds is 5. The molecule has 170 valence electrons. The zero-order chi connectivity index (χ0) is 22.8. The molecule has 2 aromatic heterocycles. The van der Waals surface area contributed by atoms with E-state index in [0.29, 0.717) is 36.2 Å². The van der Waals surface area contributed by atoms with Crippen LogP contribution in [0, 0.1) is 6.92 Å². The Labute approximate surface area is 195 Å². The SMILES string of the molecule is Cc1cc(C[C@@H](O)CO)cnc1N1CCN(C(=O)Nc2nc3ccc(Cl)cc3s2)C(C)C1. The Morgan fingerprint density at radius 2 is 2.19 bits per heavy atom. The molecule has 1 unspecified atom stereocenters. The minimum Gasteiger partial charge on any atom is -0.394 e. The summed E-state index contributed by atoms with van der Waals surface area (Å²) in [4.78, 5) is 25.9. The van der Waals surface area contributed by atoms with Gasteiger partial charge in [0.05, 0.1) is 22.9 Å². The number of carbonyl (C=O) groups is 1. The number of aryl methyl sites for hydroxylation is 1. The smallest absolute Gasteiger partial charge is 0.324 e. The van der Waals surface area contributed by atoms with E-state index in [1.165, 1.54) is 11.3 Å². The van der Waals surface area contributed by atoms with Gasteiger partial charge in [-0.15, -0.1) is 0 Å². The number of aliphatic hydroxyl groups excluding tert-OH is 2. The van der Waals surface area contributed by atoms with Crippen LogP contribution in [0.3, 0.4) is 0 Å². The number of piperazine rings is 1. The molecule has 8 nitrogen and oxygen atoms in total. The van der Waals surface area contributed by atoms with Crippen LogP contribution < -0.4 is 10.2 Å². The summed E-state index contributed by atoms with van der Waals surface area (Å²) in [6.45, 7) is 5.63. The molecule has 3 aromatic rings. The van der Waals surface area contributed by atoms with E-state index in [1.807, 2.05) is 36.9 Å². The van der Waals surface area contributed by atoms with E-state index in [-0.39, 0.29) is 18.7 Å². The largest absolute Gasteiger partial charge is 0.394 e. The van der Waals surface area contributed by atoms with Crippen LogP contribution in [0.4, 0.5) is 15.7 Å². The molecule has 1 aromatic carbocycles. The van der Waals surface area contributed by atoms with Crippen LogP contribution in [0.5, 0.6) is 0 Å². The van der Waals surface area contributed by atoms with Gasteiger partial charge < -0.3 is 20.0 Å². The number of hydrogen-bond donors (Lipinski definition) is 3. The van der Waals surface area contributed by atoms with Gasteiger partial charge in [0.2, 0.25) is 0 Å². The Hall–Kier alpha value is -2.46. The van der Waals surface area contributed by atoms with Gasteiger partial charge in [0.15, 0.2) is 5.13 Å². The van der Waals surface area contributed by atoms with Gasteiger partial charge in [-0.2, -0.15) is 0 Å². The van der Waals surface area contributed by atoms with Gasteiger partial charge in [0.25, 0.3) is 0 Å². The number of benzene rings is 1. The number of nitrogens with one attached hydrogen (secondary N) is 1. The number of pyridine rings is 1. The molecule has 3 heterocycles. The third kappa shape index (κ3) is 4.96. The Balaban J connectivity index is 1.39. The van der Waals surface area contributed by atoms with E-state index in [0.717, 1.165) is 27.2 Å². The van der Waals surface area contributed by atoms with Crippen molar-refractivity contribution in [2.45, 2.75) is 32.4 Å². The number of anilines is 2. The summed E-state index contributed by atoms with van der Waals surface area (Å²) >= 11 is 7.44. The number of hydrogen-bond acceptors (Lipinski definition) is 7. The van der Waals surface area contributed by atoms with Crippen LogP contribution in [0.1, 0.15) is 18.1 Å². The average molecular weight is 476 g/mol. The van der Waals surface area contributed by atoms with Crippen molar-refractivity contribution in [3.8, 4) is 0 Å². The first-order valence-electron chi connectivity index (χ1n) is 10.5. The lowest BCUT2D eigenvalue weighted by Gasteiger charge is -2.40.